The highest BCUT2D eigenvalue weighted by atomic mass is 16.5. The van der Waals surface area contributed by atoms with Gasteiger partial charge in [0.1, 0.15) is 0 Å². The van der Waals surface area contributed by atoms with Crippen molar-refractivity contribution in [3.63, 3.8) is 0 Å². The number of hydrogen-bond donors (Lipinski definition) is 2. The highest BCUT2D eigenvalue weighted by Gasteiger charge is 2.27. The van der Waals surface area contributed by atoms with Gasteiger partial charge in [-0.25, -0.2) is 0 Å². The maximum Gasteiger partial charge on any atom is 0.241 e. The van der Waals surface area contributed by atoms with E-state index in [4.69, 9.17) is 10.5 Å². The fourth-order valence-electron chi connectivity index (χ4n) is 2.32. The summed E-state index contributed by atoms with van der Waals surface area (Å²) in [6.45, 7) is 6.34. The topological polar surface area (TPSA) is 67.6 Å². The zero-order valence-corrected chi connectivity index (χ0v) is 12.1. The minimum atomic E-state index is -0.162. The normalized spacial score (nSPS) is 21.4. The number of benzene rings is 1. The van der Waals surface area contributed by atoms with Crippen molar-refractivity contribution in [2.75, 3.05) is 30.7 Å². The Morgan fingerprint density at radius 3 is 2.85 bits per heavy atom. The molecule has 110 valence electrons. The SMILES string of the molecule is CCC1CN(C(C)C(=O)Nc2ccc(N)cc2)CCO1. The maximum absolute atomic E-state index is 12.3. The molecule has 2 rings (SSSR count). The van der Waals surface area contributed by atoms with Crippen molar-refractivity contribution in [3.05, 3.63) is 24.3 Å². The van der Waals surface area contributed by atoms with Crippen molar-refractivity contribution in [2.24, 2.45) is 0 Å². The van der Waals surface area contributed by atoms with E-state index in [0.29, 0.717) is 12.3 Å². The third-order valence-corrected chi connectivity index (χ3v) is 3.73. The van der Waals surface area contributed by atoms with E-state index in [2.05, 4.69) is 17.1 Å². The largest absolute Gasteiger partial charge is 0.399 e. The summed E-state index contributed by atoms with van der Waals surface area (Å²) in [7, 11) is 0. The molecule has 1 aliphatic heterocycles. The standard InChI is InChI=1S/C15H23N3O2/c1-3-14-10-18(8-9-20-14)11(2)15(19)17-13-6-4-12(16)5-7-13/h4-7,11,14H,3,8-10,16H2,1-2H3,(H,17,19). The average Bonchev–Trinajstić information content (AvgIpc) is 2.48. The van der Waals surface area contributed by atoms with Crippen LogP contribution in [0.5, 0.6) is 0 Å². The molecule has 0 saturated carbocycles. The average molecular weight is 277 g/mol. The molecule has 2 atom stereocenters. The van der Waals surface area contributed by atoms with E-state index in [1.165, 1.54) is 0 Å². The monoisotopic (exact) mass is 277 g/mol. The van der Waals surface area contributed by atoms with Crippen molar-refractivity contribution in [1.82, 2.24) is 4.90 Å². The third-order valence-electron chi connectivity index (χ3n) is 3.73. The van der Waals surface area contributed by atoms with Gasteiger partial charge in [0.15, 0.2) is 0 Å². The fraction of sp³-hybridized carbons (Fsp3) is 0.533. The second-order valence-electron chi connectivity index (χ2n) is 5.18. The smallest absolute Gasteiger partial charge is 0.241 e. The van der Waals surface area contributed by atoms with E-state index in [0.717, 1.165) is 25.2 Å². The van der Waals surface area contributed by atoms with E-state index in [1.54, 1.807) is 12.1 Å². The molecule has 0 radical (unpaired) electrons. The zero-order valence-electron chi connectivity index (χ0n) is 12.1. The van der Waals surface area contributed by atoms with Gasteiger partial charge in [-0.05, 0) is 37.6 Å². The van der Waals surface area contributed by atoms with Crippen molar-refractivity contribution in [2.45, 2.75) is 32.4 Å². The first-order chi connectivity index (χ1) is 9.60. The molecular formula is C15H23N3O2. The van der Waals surface area contributed by atoms with Gasteiger partial charge >= 0.3 is 0 Å². The van der Waals surface area contributed by atoms with Crippen molar-refractivity contribution < 1.29 is 9.53 Å². The van der Waals surface area contributed by atoms with Gasteiger partial charge in [-0.3, -0.25) is 9.69 Å². The van der Waals surface area contributed by atoms with Crippen LogP contribution in [0.25, 0.3) is 0 Å². The van der Waals surface area contributed by atoms with Gasteiger partial charge in [-0.2, -0.15) is 0 Å². The third kappa shape index (κ3) is 3.71. The molecule has 0 bridgehead atoms. The van der Waals surface area contributed by atoms with Gasteiger partial charge < -0.3 is 15.8 Å². The van der Waals surface area contributed by atoms with Crippen LogP contribution in [-0.4, -0.2) is 42.6 Å². The van der Waals surface area contributed by atoms with E-state index in [9.17, 15) is 4.79 Å². The van der Waals surface area contributed by atoms with Crippen LogP contribution in [0.1, 0.15) is 20.3 Å². The minimum absolute atomic E-state index is 0.00604. The molecule has 5 nitrogen and oxygen atoms in total. The Morgan fingerprint density at radius 1 is 1.50 bits per heavy atom. The van der Waals surface area contributed by atoms with Crippen LogP contribution in [0.2, 0.25) is 0 Å². The number of rotatable bonds is 4. The first-order valence-electron chi connectivity index (χ1n) is 7.12. The molecule has 5 heteroatoms. The number of nitrogens with one attached hydrogen (secondary N) is 1. The Labute approximate surface area is 120 Å². The number of nitrogens with zero attached hydrogens (tertiary/aromatic N) is 1. The number of hydrogen-bond acceptors (Lipinski definition) is 4. The summed E-state index contributed by atoms with van der Waals surface area (Å²) in [5.41, 5.74) is 7.09. The Bertz CT molecular complexity index is 447. The molecule has 0 aliphatic carbocycles. The molecular weight excluding hydrogens is 254 g/mol. The first kappa shape index (κ1) is 14.8. The molecule has 1 aromatic rings. The number of anilines is 2. The lowest BCUT2D eigenvalue weighted by Crippen LogP contribution is -2.50. The summed E-state index contributed by atoms with van der Waals surface area (Å²) in [4.78, 5) is 14.4. The molecule has 1 heterocycles. The Kier molecular flexibility index (Phi) is 4.98. The molecule has 3 N–H and O–H groups in total. The van der Waals surface area contributed by atoms with Crippen LogP contribution in [0.3, 0.4) is 0 Å². The quantitative estimate of drug-likeness (QED) is 0.822. The Morgan fingerprint density at radius 2 is 2.20 bits per heavy atom. The summed E-state index contributed by atoms with van der Waals surface area (Å²) in [6, 6.07) is 7.03. The lowest BCUT2D eigenvalue weighted by Gasteiger charge is -2.35. The number of amides is 1. The second-order valence-corrected chi connectivity index (χ2v) is 5.18. The minimum Gasteiger partial charge on any atom is -0.399 e. The summed E-state index contributed by atoms with van der Waals surface area (Å²) >= 11 is 0. The van der Waals surface area contributed by atoms with Crippen molar-refractivity contribution in [3.8, 4) is 0 Å². The van der Waals surface area contributed by atoms with E-state index < -0.39 is 0 Å². The molecule has 1 saturated heterocycles. The zero-order chi connectivity index (χ0) is 14.5. The second kappa shape index (κ2) is 6.72. The molecule has 1 amide bonds. The van der Waals surface area contributed by atoms with Crippen LogP contribution < -0.4 is 11.1 Å². The van der Waals surface area contributed by atoms with Gasteiger partial charge in [0, 0.05) is 24.5 Å². The molecule has 20 heavy (non-hydrogen) atoms. The molecule has 1 fully saturated rings. The van der Waals surface area contributed by atoms with Gasteiger partial charge in [-0.1, -0.05) is 6.92 Å². The van der Waals surface area contributed by atoms with Crippen molar-refractivity contribution in [1.29, 1.82) is 0 Å². The summed E-state index contributed by atoms with van der Waals surface area (Å²) in [5, 5.41) is 2.92. The predicted octanol–water partition coefficient (Wildman–Crippen LogP) is 1.71. The fourth-order valence-corrected chi connectivity index (χ4v) is 2.32. The highest BCUT2D eigenvalue weighted by Crippen LogP contribution is 2.14. The van der Waals surface area contributed by atoms with Gasteiger partial charge in [-0.15, -0.1) is 0 Å². The number of ether oxygens (including phenoxy) is 1. The molecule has 0 spiro atoms. The highest BCUT2D eigenvalue weighted by molar-refractivity contribution is 5.94. The van der Waals surface area contributed by atoms with Gasteiger partial charge in [0.05, 0.1) is 18.8 Å². The molecule has 2 unspecified atom stereocenters. The predicted molar refractivity (Wildman–Crippen MR) is 80.6 cm³/mol. The lowest BCUT2D eigenvalue weighted by atomic mass is 10.1. The molecule has 1 aliphatic rings. The van der Waals surface area contributed by atoms with Crippen LogP contribution in [-0.2, 0) is 9.53 Å². The van der Waals surface area contributed by atoms with Crippen LogP contribution in [0.15, 0.2) is 24.3 Å². The van der Waals surface area contributed by atoms with E-state index >= 15 is 0 Å². The van der Waals surface area contributed by atoms with Crippen LogP contribution in [0.4, 0.5) is 11.4 Å². The summed E-state index contributed by atoms with van der Waals surface area (Å²) in [6.07, 6.45) is 1.21. The number of nitrogens with two attached hydrogens (primary N) is 1. The van der Waals surface area contributed by atoms with E-state index in [-0.39, 0.29) is 18.1 Å². The number of nitrogen functional groups attached to an aromatic ring is 1. The lowest BCUT2D eigenvalue weighted by molar-refractivity contribution is -0.124. The Balaban J connectivity index is 1.92. The van der Waals surface area contributed by atoms with Crippen molar-refractivity contribution >= 4 is 17.3 Å². The van der Waals surface area contributed by atoms with Crippen LogP contribution >= 0.6 is 0 Å². The summed E-state index contributed by atoms with van der Waals surface area (Å²) < 4.78 is 5.63. The van der Waals surface area contributed by atoms with E-state index in [1.807, 2.05) is 19.1 Å². The maximum atomic E-state index is 12.3. The number of carbonyl (C=O) groups excluding carboxylic acids is 1. The summed E-state index contributed by atoms with van der Waals surface area (Å²) in [5.74, 6) is 0.00604. The molecule has 1 aromatic carbocycles. The first-order valence-corrected chi connectivity index (χ1v) is 7.12. The van der Waals surface area contributed by atoms with Gasteiger partial charge in [0.25, 0.3) is 0 Å². The Hall–Kier alpha value is -1.59. The number of morpholine rings is 1. The molecule has 0 aromatic heterocycles. The van der Waals surface area contributed by atoms with Gasteiger partial charge in [0.2, 0.25) is 5.91 Å². The number of carbonyl (C=O) groups is 1. The van der Waals surface area contributed by atoms with Crippen LogP contribution in [0, 0.1) is 0 Å².